The number of anilines is 1. The number of carbonyl (C=O) groups excluding carboxylic acids is 1. The molecule has 0 atom stereocenters. The number of hydrogen-bond acceptors (Lipinski definition) is 4. The summed E-state index contributed by atoms with van der Waals surface area (Å²) in [6.07, 6.45) is 3.21. The molecule has 1 amide bonds. The Hall–Kier alpha value is -0.750. The molecule has 3 rings (SSSR count). The van der Waals surface area contributed by atoms with Crippen LogP contribution in [0.25, 0.3) is 0 Å². The zero-order chi connectivity index (χ0) is 16.8. The molecule has 132 valence electrons. The summed E-state index contributed by atoms with van der Waals surface area (Å²) < 4.78 is 0. The molecular weight excluding hydrogens is 342 g/mol. The lowest BCUT2D eigenvalue weighted by atomic mass is 10.1. The van der Waals surface area contributed by atoms with Gasteiger partial charge in [0.1, 0.15) is 0 Å². The molecule has 1 aromatic rings. The van der Waals surface area contributed by atoms with Crippen molar-refractivity contribution in [2.24, 2.45) is 0 Å². The van der Waals surface area contributed by atoms with Crippen molar-refractivity contribution in [3.63, 3.8) is 0 Å². The van der Waals surface area contributed by atoms with Crippen molar-refractivity contribution in [2.45, 2.75) is 25.3 Å². The van der Waals surface area contributed by atoms with Crippen molar-refractivity contribution < 1.29 is 4.79 Å². The Morgan fingerprint density at radius 1 is 1.21 bits per heavy atom. The zero-order valence-electron chi connectivity index (χ0n) is 14.0. The first-order valence-electron chi connectivity index (χ1n) is 8.80. The predicted molar refractivity (Wildman–Crippen MR) is 103 cm³/mol. The minimum atomic E-state index is 0.0593. The first-order chi connectivity index (χ1) is 11.7. The molecule has 1 N–H and O–H groups in total. The highest BCUT2D eigenvalue weighted by Gasteiger charge is 2.25. The van der Waals surface area contributed by atoms with Gasteiger partial charge in [0, 0.05) is 55.9 Å². The molecule has 4 nitrogen and oxygen atoms in total. The smallest absolute Gasteiger partial charge is 0.225 e. The van der Waals surface area contributed by atoms with Crippen LogP contribution in [0.2, 0.25) is 5.02 Å². The number of benzene rings is 1. The van der Waals surface area contributed by atoms with Crippen molar-refractivity contribution in [2.75, 3.05) is 49.5 Å². The number of rotatable bonds is 5. The molecule has 0 bridgehead atoms. The molecule has 2 aliphatic rings. The fraction of sp³-hybridized carbons (Fsp3) is 0.611. The van der Waals surface area contributed by atoms with E-state index in [1.165, 1.54) is 24.3 Å². The van der Waals surface area contributed by atoms with Gasteiger partial charge in [-0.3, -0.25) is 9.69 Å². The van der Waals surface area contributed by atoms with Crippen LogP contribution < -0.4 is 5.32 Å². The summed E-state index contributed by atoms with van der Waals surface area (Å²) in [6.45, 7) is 5.28. The summed E-state index contributed by atoms with van der Waals surface area (Å²) in [7, 11) is 0. The van der Waals surface area contributed by atoms with Crippen LogP contribution in [0.3, 0.4) is 0 Å². The van der Waals surface area contributed by atoms with Gasteiger partial charge in [0.2, 0.25) is 5.91 Å². The van der Waals surface area contributed by atoms with E-state index in [4.69, 9.17) is 11.6 Å². The average Bonchev–Trinajstić information content (AvgIpc) is 2.61. The van der Waals surface area contributed by atoms with Gasteiger partial charge in [-0.2, -0.15) is 11.8 Å². The van der Waals surface area contributed by atoms with Crippen molar-refractivity contribution in [1.82, 2.24) is 9.80 Å². The third kappa shape index (κ3) is 5.38. The highest BCUT2D eigenvalue weighted by molar-refractivity contribution is 7.99. The Balaban J connectivity index is 1.36. The standard InChI is InChI=1S/C18H26ClN3OS/c19-15-2-1-3-16(14-15)20-18(23)4-7-21-8-10-22(11-9-21)17-5-12-24-13-6-17/h1-3,14,17H,4-13H2,(H,20,23). The minimum Gasteiger partial charge on any atom is -0.326 e. The number of nitrogens with one attached hydrogen (secondary N) is 1. The molecule has 0 spiro atoms. The van der Waals surface area contributed by atoms with Gasteiger partial charge < -0.3 is 10.2 Å². The number of piperazine rings is 1. The number of nitrogens with zero attached hydrogens (tertiary/aromatic N) is 2. The van der Waals surface area contributed by atoms with E-state index in [-0.39, 0.29) is 5.91 Å². The number of hydrogen-bond donors (Lipinski definition) is 1. The van der Waals surface area contributed by atoms with Crippen LogP contribution in [0.5, 0.6) is 0 Å². The van der Waals surface area contributed by atoms with Gasteiger partial charge in [-0.25, -0.2) is 0 Å². The van der Waals surface area contributed by atoms with Crippen LogP contribution in [-0.2, 0) is 4.79 Å². The molecule has 0 aliphatic carbocycles. The maximum atomic E-state index is 12.1. The minimum absolute atomic E-state index is 0.0593. The van der Waals surface area contributed by atoms with Crippen molar-refractivity contribution in [3.05, 3.63) is 29.3 Å². The Morgan fingerprint density at radius 2 is 1.96 bits per heavy atom. The fourth-order valence-corrected chi connectivity index (χ4v) is 4.72. The predicted octanol–water partition coefficient (Wildman–Crippen LogP) is 3.18. The molecule has 0 radical (unpaired) electrons. The van der Waals surface area contributed by atoms with Crippen LogP contribution in [0, 0.1) is 0 Å². The van der Waals surface area contributed by atoms with Crippen LogP contribution >= 0.6 is 23.4 Å². The first kappa shape index (κ1) is 18.1. The largest absolute Gasteiger partial charge is 0.326 e. The van der Waals surface area contributed by atoms with Crippen LogP contribution in [0.15, 0.2) is 24.3 Å². The first-order valence-corrected chi connectivity index (χ1v) is 10.3. The molecule has 24 heavy (non-hydrogen) atoms. The number of amides is 1. The average molecular weight is 368 g/mol. The molecular formula is C18H26ClN3OS. The molecule has 2 saturated heterocycles. The quantitative estimate of drug-likeness (QED) is 0.867. The van der Waals surface area contributed by atoms with Gasteiger partial charge in [-0.05, 0) is 42.5 Å². The molecule has 2 heterocycles. The van der Waals surface area contributed by atoms with Crippen LogP contribution in [-0.4, -0.2) is 66.0 Å². The Bertz CT molecular complexity index is 543. The molecule has 6 heteroatoms. The van der Waals surface area contributed by atoms with E-state index in [1.807, 2.05) is 18.2 Å². The van der Waals surface area contributed by atoms with Gasteiger partial charge >= 0.3 is 0 Å². The van der Waals surface area contributed by atoms with Crippen LogP contribution in [0.1, 0.15) is 19.3 Å². The molecule has 1 aromatic carbocycles. The van der Waals surface area contributed by atoms with E-state index in [0.29, 0.717) is 11.4 Å². The summed E-state index contributed by atoms with van der Waals surface area (Å²) in [4.78, 5) is 17.1. The monoisotopic (exact) mass is 367 g/mol. The molecule has 0 saturated carbocycles. The maximum absolute atomic E-state index is 12.1. The van der Waals surface area contributed by atoms with Gasteiger partial charge in [0.05, 0.1) is 0 Å². The lowest BCUT2D eigenvalue weighted by Gasteiger charge is -2.40. The zero-order valence-corrected chi connectivity index (χ0v) is 15.6. The molecule has 2 fully saturated rings. The second-order valence-electron chi connectivity index (χ2n) is 6.53. The topological polar surface area (TPSA) is 35.6 Å². The molecule has 2 aliphatic heterocycles. The normalized spacial score (nSPS) is 20.9. The van der Waals surface area contributed by atoms with Crippen molar-refractivity contribution in [3.8, 4) is 0 Å². The van der Waals surface area contributed by atoms with E-state index in [1.54, 1.807) is 6.07 Å². The molecule has 0 unspecified atom stereocenters. The summed E-state index contributed by atoms with van der Waals surface area (Å²) in [6, 6.07) is 8.09. The Labute approximate surface area is 153 Å². The summed E-state index contributed by atoms with van der Waals surface area (Å²) in [5, 5.41) is 3.56. The SMILES string of the molecule is O=C(CCN1CCN(C2CCSCC2)CC1)Nc1cccc(Cl)c1. The van der Waals surface area contributed by atoms with E-state index < -0.39 is 0 Å². The van der Waals surface area contributed by atoms with Gasteiger partial charge in [-0.1, -0.05) is 17.7 Å². The van der Waals surface area contributed by atoms with Crippen LogP contribution in [0.4, 0.5) is 5.69 Å². The Kier molecular flexibility index (Phi) is 6.84. The maximum Gasteiger partial charge on any atom is 0.225 e. The number of carbonyl (C=O) groups is 1. The second kappa shape index (κ2) is 9.09. The fourth-order valence-electron chi connectivity index (χ4n) is 3.45. The van der Waals surface area contributed by atoms with E-state index >= 15 is 0 Å². The van der Waals surface area contributed by atoms with E-state index in [9.17, 15) is 4.79 Å². The van der Waals surface area contributed by atoms with Gasteiger partial charge in [0.25, 0.3) is 0 Å². The summed E-state index contributed by atoms with van der Waals surface area (Å²) in [5.41, 5.74) is 0.771. The highest BCUT2D eigenvalue weighted by atomic mass is 35.5. The third-order valence-corrected chi connectivity index (χ3v) is 6.16. The number of thioether (sulfide) groups is 1. The second-order valence-corrected chi connectivity index (χ2v) is 8.19. The van der Waals surface area contributed by atoms with Crippen molar-refractivity contribution >= 4 is 35.0 Å². The molecule has 0 aromatic heterocycles. The highest BCUT2D eigenvalue weighted by Crippen LogP contribution is 2.22. The van der Waals surface area contributed by atoms with Gasteiger partial charge in [-0.15, -0.1) is 0 Å². The number of halogens is 1. The third-order valence-electron chi connectivity index (χ3n) is 4.88. The lowest BCUT2D eigenvalue weighted by Crippen LogP contribution is -2.51. The lowest BCUT2D eigenvalue weighted by molar-refractivity contribution is -0.116. The van der Waals surface area contributed by atoms with E-state index in [0.717, 1.165) is 44.5 Å². The summed E-state index contributed by atoms with van der Waals surface area (Å²) in [5.74, 6) is 2.69. The Morgan fingerprint density at radius 3 is 2.67 bits per heavy atom. The summed E-state index contributed by atoms with van der Waals surface area (Å²) >= 11 is 8.03. The van der Waals surface area contributed by atoms with Gasteiger partial charge in [0.15, 0.2) is 0 Å². The van der Waals surface area contributed by atoms with E-state index in [2.05, 4.69) is 26.9 Å². The van der Waals surface area contributed by atoms with Crippen molar-refractivity contribution in [1.29, 1.82) is 0 Å².